The molecule has 3 fully saturated rings. The van der Waals surface area contributed by atoms with E-state index in [1.54, 1.807) is 6.08 Å². The van der Waals surface area contributed by atoms with Crippen LogP contribution in [0, 0.1) is 0 Å². The first-order chi connectivity index (χ1) is 52.8. The maximum absolute atomic E-state index is 13.5. The van der Waals surface area contributed by atoms with Crippen LogP contribution in [0.25, 0.3) is 0 Å². The zero-order valence-corrected chi connectivity index (χ0v) is 68.3. The SMILES string of the molecule is CCCCCCC/C=C\C/C=C\C/C=C\CCCCCCCCCCCCCCCCCCCCCCCCCCC(=O)NC(COC1OC(CO)C(OC2OC(CO)C(OC3OC(CO)C(O)C(O)C3O)C(O)C2O)C(O)C1O)C(O)/C=C/CCCCCCCCCCCCCCCCCCCCCCCC. The van der Waals surface area contributed by atoms with Crippen LogP contribution in [0.2, 0.25) is 0 Å². The lowest BCUT2D eigenvalue weighted by Crippen LogP contribution is -2.66. The molecule has 0 aliphatic carbocycles. The Hall–Kier alpha value is -2.25. The Morgan fingerprint density at radius 1 is 0.333 bits per heavy atom. The normalized spacial score (nSPS) is 25.6. The molecule has 0 aromatic carbocycles. The van der Waals surface area contributed by atoms with Gasteiger partial charge in [0.15, 0.2) is 18.9 Å². The number of carbonyl (C=O) groups is 1. The highest BCUT2D eigenvalue weighted by Crippen LogP contribution is 2.34. The first-order valence-corrected chi connectivity index (χ1v) is 44.9. The van der Waals surface area contributed by atoms with Crippen molar-refractivity contribution in [2.24, 2.45) is 0 Å². The number of hydrogen-bond donors (Lipinski definition) is 12. The van der Waals surface area contributed by atoms with E-state index in [0.29, 0.717) is 6.42 Å². The third kappa shape index (κ3) is 47.6. The van der Waals surface area contributed by atoms with Crippen LogP contribution in [0.1, 0.15) is 380 Å². The molecule has 0 radical (unpaired) electrons. The third-order valence-electron chi connectivity index (χ3n) is 22.4. The second-order valence-corrected chi connectivity index (χ2v) is 32.1. The highest BCUT2D eigenvalue weighted by Gasteiger charge is 2.54. The quantitative estimate of drug-likeness (QED) is 0.0199. The molecule has 0 aromatic heterocycles. The largest absolute Gasteiger partial charge is 0.394 e. The molecular formula is C89H165NO18. The summed E-state index contributed by atoms with van der Waals surface area (Å²) in [5.41, 5.74) is 0. The lowest BCUT2D eigenvalue weighted by Gasteiger charge is -2.48. The van der Waals surface area contributed by atoms with Gasteiger partial charge in [-0.1, -0.05) is 364 Å². The van der Waals surface area contributed by atoms with E-state index in [9.17, 15) is 61.0 Å². The zero-order valence-electron chi connectivity index (χ0n) is 68.3. The van der Waals surface area contributed by atoms with Crippen LogP contribution in [-0.4, -0.2) is 193 Å². The van der Waals surface area contributed by atoms with E-state index in [4.69, 9.17) is 28.4 Å². The van der Waals surface area contributed by atoms with E-state index in [2.05, 4.69) is 55.6 Å². The number of aliphatic hydroxyl groups is 11. The Labute approximate surface area is 656 Å². The van der Waals surface area contributed by atoms with Gasteiger partial charge in [0.2, 0.25) is 5.91 Å². The Morgan fingerprint density at radius 3 is 0.954 bits per heavy atom. The summed E-state index contributed by atoms with van der Waals surface area (Å²) in [5, 5.41) is 121. The number of allylic oxidation sites excluding steroid dienone is 7. The predicted octanol–water partition coefficient (Wildman–Crippen LogP) is 16.8. The van der Waals surface area contributed by atoms with E-state index in [-0.39, 0.29) is 18.9 Å². The average molecular weight is 1540 g/mol. The van der Waals surface area contributed by atoms with E-state index in [1.807, 2.05) is 6.08 Å². The molecular weight excluding hydrogens is 1370 g/mol. The van der Waals surface area contributed by atoms with Gasteiger partial charge < -0.3 is 89.9 Å². The summed E-state index contributed by atoms with van der Waals surface area (Å²) in [6, 6.07) is -0.974. The number of amides is 1. The van der Waals surface area contributed by atoms with Gasteiger partial charge in [-0.05, 0) is 57.8 Å². The van der Waals surface area contributed by atoms with Crippen LogP contribution in [0.3, 0.4) is 0 Å². The second-order valence-electron chi connectivity index (χ2n) is 32.1. The number of rotatable bonds is 73. The molecule has 0 bridgehead atoms. The summed E-state index contributed by atoms with van der Waals surface area (Å²) in [6.07, 6.45) is 62.6. The summed E-state index contributed by atoms with van der Waals surface area (Å²) in [6.45, 7) is 1.78. The Bertz CT molecular complexity index is 2130. The van der Waals surface area contributed by atoms with Crippen molar-refractivity contribution in [3.63, 3.8) is 0 Å². The molecule has 19 nitrogen and oxygen atoms in total. The molecule has 19 heteroatoms. The number of ether oxygens (including phenoxy) is 6. The highest BCUT2D eigenvalue weighted by molar-refractivity contribution is 5.76. The van der Waals surface area contributed by atoms with Crippen molar-refractivity contribution in [2.45, 2.75) is 484 Å². The van der Waals surface area contributed by atoms with E-state index in [0.717, 1.165) is 57.8 Å². The lowest BCUT2D eigenvalue weighted by atomic mass is 9.96. The Morgan fingerprint density at radius 2 is 0.611 bits per heavy atom. The topological polar surface area (TPSA) is 307 Å². The van der Waals surface area contributed by atoms with Crippen LogP contribution in [0.15, 0.2) is 48.6 Å². The fraction of sp³-hybridized carbons (Fsp3) is 0.899. The Balaban J connectivity index is 1.31. The number of hydrogen-bond acceptors (Lipinski definition) is 18. The van der Waals surface area contributed by atoms with Crippen LogP contribution >= 0.6 is 0 Å². The van der Waals surface area contributed by atoms with Gasteiger partial charge in [-0.15, -0.1) is 0 Å². The molecule has 108 heavy (non-hydrogen) atoms. The van der Waals surface area contributed by atoms with Gasteiger partial charge in [0, 0.05) is 6.42 Å². The molecule has 0 saturated carbocycles. The van der Waals surface area contributed by atoms with Gasteiger partial charge in [0.1, 0.15) is 73.2 Å². The van der Waals surface area contributed by atoms with Crippen molar-refractivity contribution in [3.8, 4) is 0 Å². The van der Waals surface area contributed by atoms with Crippen LogP contribution in [0.4, 0.5) is 0 Å². The molecule has 3 heterocycles. The lowest BCUT2D eigenvalue weighted by molar-refractivity contribution is -0.379. The van der Waals surface area contributed by atoms with Crippen molar-refractivity contribution in [2.75, 3.05) is 26.4 Å². The van der Waals surface area contributed by atoms with Crippen molar-refractivity contribution >= 4 is 5.91 Å². The minimum Gasteiger partial charge on any atom is -0.394 e. The van der Waals surface area contributed by atoms with Gasteiger partial charge >= 0.3 is 0 Å². The van der Waals surface area contributed by atoms with Crippen molar-refractivity contribution < 1.29 is 89.4 Å². The summed E-state index contributed by atoms with van der Waals surface area (Å²) >= 11 is 0. The van der Waals surface area contributed by atoms with Crippen molar-refractivity contribution in [3.05, 3.63) is 48.6 Å². The monoisotopic (exact) mass is 1540 g/mol. The number of nitrogens with one attached hydrogen (secondary N) is 1. The molecule has 17 unspecified atom stereocenters. The second kappa shape index (κ2) is 69.1. The molecule has 1 amide bonds. The Kier molecular flexibility index (Phi) is 63.9. The minimum atomic E-state index is -1.98. The number of aliphatic hydroxyl groups excluding tert-OH is 11. The van der Waals surface area contributed by atoms with Crippen molar-refractivity contribution in [1.82, 2.24) is 5.32 Å². The first kappa shape index (κ1) is 99.9. The molecule has 3 aliphatic rings. The van der Waals surface area contributed by atoms with Gasteiger partial charge in [0.25, 0.3) is 0 Å². The van der Waals surface area contributed by atoms with E-state index >= 15 is 0 Å². The first-order valence-electron chi connectivity index (χ1n) is 44.9. The molecule has 3 rings (SSSR count). The fourth-order valence-electron chi connectivity index (χ4n) is 15.2. The van der Waals surface area contributed by atoms with Crippen LogP contribution in [-0.2, 0) is 33.2 Å². The molecule has 3 saturated heterocycles. The summed E-state index contributed by atoms with van der Waals surface area (Å²) in [7, 11) is 0. The molecule has 3 aliphatic heterocycles. The minimum absolute atomic E-state index is 0.247. The van der Waals surface area contributed by atoms with Gasteiger partial charge in [-0.25, -0.2) is 0 Å². The maximum atomic E-state index is 13.5. The molecule has 634 valence electrons. The van der Waals surface area contributed by atoms with Gasteiger partial charge in [-0.2, -0.15) is 0 Å². The average Bonchev–Trinajstić information content (AvgIpc) is 0.775. The van der Waals surface area contributed by atoms with E-state index < -0.39 is 124 Å². The highest BCUT2D eigenvalue weighted by atomic mass is 16.8. The molecule has 0 spiro atoms. The smallest absolute Gasteiger partial charge is 0.220 e. The van der Waals surface area contributed by atoms with E-state index in [1.165, 1.54) is 295 Å². The predicted molar refractivity (Wildman–Crippen MR) is 434 cm³/mol. The molecule has 17 atom stereocenters. The zero-order chi connectivity index (χ0) is 78.1. The summed E-state index contributed by atoms with van der Waals surface area (Å²) in [4.78, 5) is 13.5. The summed E-state index contributed by atoms with van der Waals surface area (Å²) in [5.74, 6) is -0.268. The maximum Gasteiger partial charge on any atom is 0.220 e. The number of carbonyl (C=O) groups excluding carboxylic acids is 1. The number of unbranched alkanes of at least 4 members (excludes halogenated alkanes) is 51. The molecule has 12 N–H and O–H groups in total. The van der Waals surface area contributed by atoms with Crippen molar-refractivity contribution in [1.29, 1.82) is 0 Å². The molecule has 0 aromatic rings. The van der Waals surface area contributed by atoms with Crippen LogP contribution in [0.5, 0.6) is 0 Å². The fourth-order valence-corrected chi connectivity index (χ4v) is 15.2. The summed E-state index contributed by atoms with van der Waals surface area (Å²) < 4.78 is 34.5. The third-order valence-corrected chi connectivity index (χ3v) is 22.4. The van der Waals surface area contributed by atoms with Crippen LogP contribution < -0.4 is 5.32 Å². The van der Waals surface area contributed by atoms with Gasteiger partial charge in [-0.3, -0.25) is 4.79 Å². The van der Waals surface area contributed by atoms with Gasteiger partial charge in [0.05, 0.1) is 38.6 Å². The standard InChI is InChI=1S/C89H165NO18/c1-3-5-7-9-11-13-15-17-19-21-23-25-27-29-30-31-32-33-34-35-36-37-38-39-40-41-42-43-45-47-49-51-53-55-57-59-61-63-65-67-77(95)90-72(73(94)66-64-62-60-58-56-54-52-50-48-46-44-28-26-24-22-20-18-16-14-12-10-8-6-4-2)71-103-87-83(101)80(98)85(75(69-92)105-87)108-89-84(102)81(99)86(76(70-93)106-89)107-88-82(100)79(97)78(96)74(68-91)104-88/h15,17,21,23,27,29,64,66,72-76,78-89,91-94,96-102H,3-14,16,18-20,22,24-26,28,30-63,65,67-71H2,1-2H3,(H,90,95)/b17-15-,23-21-,29-27-,66-64+.